The number of nitrogens with one attached hydrogen (secondary N) is 1. The summed E-state index contributed by atoms with van der Waals surface area (Å²) >= 11 is 0. The van der Waals surface area contributed by atoms with Gasteiger partial charge in [-0.15, -0.1) is 13.2 Å². The Morgan fingerprint density at radius 2 is 1.85 bits per heavy atom. The highest BCUT2D eigenvalue weighted by Gasteiger charge is 2.32. The summed E-state index contributed by atoms with van der Waals surface area (Å²) < 4.78 is 47.2. The van der Waals surface area contributed by atoms with Gasteiger partial charge in [0.05, 0.1) is 5.39 Å². The molecule has 3 aromatic rings. The number of ether oxygens (including phenoxy) is 2. The fourth-order valence-corrected chi connectivity index (χ4v) is 2.57. The van der Waals surface area contributed by atoms with E-state index in [0.29, 0.717) is 16.7 Å². The molecule has 1 heterocycles. The van der Waals surface area contributed by atoms with Crippen LogP contribution in [-0.4, -0.2) is 18.0 Å². The molecule has 0 bridgehead atoms. The van der Waals surface area contributed by atoms with Crippen molar-refractivity contribution >= 4 is 10.8 Å². The zero-order valence-corrected chi connectivity index (χ0v) is 13.1. The number of alkyl halides is 3. The lowest BCUT2D eigenvalue weighted by Crippen LogP contribution is -2.17. The quantitative estimate of drug-likeness (QED) is 0.763. The Morgan fingerprint density at radius 1 is 1.08 bits per heavy atom. The Balaban J connectivity index is 2.17. The van der Waals surface area contributed by atoms with Gasteiger partial charge in [-0.05, 0) is 29.7 Å². The summed E-state index contributed by atoms with van der Waals surface area (Å²) in [5.74, 6) is -0.0697. The number of aromatic amines is 1. The molecule has 3 rings (SSSR count). The number of rotatable bonds is 4. The molecule has 0 radical (unpaired) electrons. The van der Waals surface area contributed by atoms with Crippen LogP contribution in [0.1, 0.15) is 0 Å². The van der Waals surface area contributed by atoms with E-state index in [1.165, 1.54) is 36.5 Å². The first-order valence-electron chi connectivity index (χ1n) is 7.39. The number of H-pyrrole nitrogens is 1. The van der Waals surface area contributed by atoms with E-state index >= 15 is 0 Å². The normalized spacial score (nSPS) is 11.2. The molecular formula is C18H11F3N2O3. The molecule has 5 nitrogen and oxygen atoms in total. The first kappa shape index (κ1) is 17.4. The fourth-order valence-electron chi connectivity index (χ4n) is 2.57. The minimum absolute atomic E-state index is 0.178. The van der Waals surface area contributed by atoms with Gasteiger partial charge in [-0.3, -0.25) is 4.79 Å². The Bertz CT molecular complexity index is 1050. The summed E-state index contributed by atoms with van der Waals surface area (Å²) in [6.07, 6.45) is -3.51. The van der Waals surface area contributed by atoms with Crippen molar-refractivity contribution in [2.24, 2.45) is 0 Å². The maximum atomic E-state index is 12.7. The van der Waals surface area contributed by atoms with Crippen molar-refractivity contribution in [3.63, 3.8) is 0 Å². The highest BCUT2D eigenvalue weighted by atomic mass is 19.4. The lowest BCUT2D eigenvalue weighted by Gasteiger charge is -2.14. The average molecular weight is 360 g/mol. The third-order valence-electron chi connectivity index (χ3n) is 3.58. The van der Waals surface area contributed by atoms with E-state index in [9.17, 15) is 18.0 Å². The molecule has 1 aromatic heterocycles. The van der Waals surface area contributed by atoms with E-state index in [1.807, 2.05) is 6.07 Å². The molecule has 0 aliphatic heterocycles. The molecule has 0 amide bonds. The van der Waals surface area contributed by atoms with E-state index in [1.54, 1.807) is 12.1 Å². The number of pyridine rings is 1. The first-order valence-corrected chi connectivity index (χ1v) is 7.39. The highest BCUT2D eigenvalue weighted by molar-refractivity contribution is 5.97. The number of fused-ring (bicyclic) bond motifs is 1. The van der Waals surface area contributed by atoms with E-state index in [2.05, 4.69) is 9.72 Å². The van der Waals surface area contributed by atoms with Crippen molar-refractivity contribution in [3.8, 4) is 28.7 Å². The molecule has 0 saturated heterocycles. The summed E-state index contributed by atoms with van der Waals surface area (Å²) in [4.78, 5) is 14.6. The highest BCUT2D eigenvalue weighted by Crippen LogP contribution is 2.36. The van der Waals surface area contributed by atoms with Crippen molar-refractivity contribution in [3.05, 3.63) is 59.0 Å². The summed E-state index contributed by atoms with van der Waals surface area (Å²) in [6, 6.07) is 12.0. The molecule has 8 heteroatoms. The number of nitriles is 1. The minimum atomic E-state index is -4.84. The molecule has 0 aliphatic carbocycles. The van der Waals surface area contributed by atoms with Crippen molar-refractivity contribution in [2.75, 3.05) is 6.61 Å². The molecular weight excluding hydrogens is 349 g/mol. The number of benzene rings is 2. The maximum Gasteiger partial charge on any atom is 0.573 e. The molecule has 0 aliphatic rings. The third-order valence-corrected chi connectivity index (χ3v) is 3.58. The van der Waals surface area contributed by atoms with E-state index in [0.717, 1.165) is 0 Å². The van der Waals surface area contributed by atoms with Crippen molar-refractivity contribution in [1.82, 2.24) is 4.98 Å². The van der Waals surface area contributed by atoms with Crippen molar-refractivity contribution < 1.29 is 22.6 Å². The van der Waals surface area contributed by atoms with Gasteiger partial charge in [0.2, 0.25) is 0 Å². The van der Waals surface area contributed by atoms with Gasteiger partial charge >= 0.3 is 6.36 Å². The third kappa shape index (κ3) is 3.62. The molecule has 26 heavy (non-hydrogen) atoms. The zero-order chi connectivity index (χ0) is 18.7. The molecule has 0 unspecified atom stereocenters. The Labute approximate surface area is 145 Å². The number of aromatic nitrogens is 1. The molecule has 0 saturated carbocycles. The predicted octanol–water partition coefficient (Wildman–Crippen LogP) is 4.00. The number of para-hydroxylation sites is 1. The first-order chi connectivity index (χ1) is 12.4. The standard InChI is InChI=1S/C18H11F3N2O3/c19-18(20,21)26-16-4-2-1-3-13(16)15-10-23-17(24)14-9-11(25-8-7-22)5-6-12(14)15/h1-6,9-10H,8H2,(H,23,24). The van der Waals surface area contributed by atoms with E-state index < -0.39 is 11.9 Å². The van der Waals surface area contributed by atoms with Gasteiger partial charge in [-0.2, -0.15) is 5.26 Å². The van der Waals surface area contributed by atoms with Crippen LogP contribution in [0.4, 0.5) is 13.2 Å². The van der Waals surface area contributed by atoms with Crippen LogP contribution in [-0.2, 0) is 0 Å². The van der Waals surface area contributed by atoms with Crippen LogP contribution in [0.15, 0.2) is 53.5 Å². The second kappa shape index (κ2) is 6.80. The van der Waals surface area contributed by atoms with Gasteiger partial charge in [-0.1, -0.05) is 18.2 Å². The van der Waals surface area contributed by atoms with Gasteiger partial charge in [0.15, 0.2) is 6.61 Å². The minimum Gasteiger partial charge on any atom is -0.479 e. The number of hydrogen-bond acceptors (Lipinski definition) is 4. The van der Waals surface area contributed by atoms with E-state index in [-0.39, 0.29) is 23.3 Å². The number of nitrogens with zero attached hydrogens (tertiary/aromatic N) is 1. The van der Waals surface area contributed by atoms with Gasteiger partial charge in [0.1, 0.15) is 17.6 Å². The van der Waals surface area contributed by atoms with Gasteiger partial charge in [-0.25, -0.2) is 0 Å². The van der Waals surface area contributed by atoms with E-state index in [4.69, 9.17) is 10.00 Å². The fraction of sp³-hybridized carbons (Fsp3) is 0.111. The van der Waals surface area contributed by atoms with Crippen LogP contribution < -0.4 is 15.0 Å². The monoisotopic (exact) mass is 360 g/mol. The average Bonchev–Trinajstić information content (AvgIpc) is 2.60. The van der Waals surface area contributed by atoms with Crippen molar-refractivity contribution in [2.45, 2.75) is 6.36 Å². The summed E-state index contributed by atoms with van der Waals surface area (Å²) in [5.41, 5.74) is 0.114. The van der Waals surface area contributed by atoms with Crippen LogP contribution in [0.2, 0.25) is 0 Å². The van der Waals surface area contributed by atoms with Crippen LogP contribution in [0.5, 0.6) is 11.5 Å². The second-order valence-electron chi connectivity index (χ2n) is 5.23. The largest absolute Gasteiger partial charge is 0.573 e. The van der Waals surface area contributed by atoms with Crippen LogP contribution in [0.3, 0.4) is 0 Å². The molecule has 1 N–H and O–H groups in total. The van der Waals surface area contributed by atoms with Crippen LogP contribution in [0.25, 0.3) is 21.9 Å². The topological polar surface area (TPSA) is 75.1 Å². The molecule has 0 fully saturated rings. The van der Waals surface area contributed by atoms with Gasteiger partial charge in [0, 0.05) is 17.3 Å². The predicted molar refractivity (Wildman–Crippen MR) is 87.8 cm³/mol. The van der Waals surface area contributed by atoms with Crippen LogP contribution >= 0.6 is 0 Å². The molecule has 0 atom stereocenters. The van der Waals surface area contributed by atoms with Crippen molar-refractivity contribution in [1.29, 1.82) is 5.26 Å². The summed E-state index contributed by atoms with van der Waals surface area (Å²) in [6.45, 7) is -0.189. The maximum absolute atomic E-state index is 12.7. The van der Waals surface area contributed by atoms with Crippen LogP contribution in [0, 0.1) is 11.3 Å². The summed E-state index contributed by atoms with van der Waals surface area (Å²) in [7, 11) is 0. The number of hydrogen-bond donors (Lipinski definition) is 1. The summed E-state index contributed by atoms with van der Waals surface area (Å²) in [5, 5.41) is 9.21. The Kier molecular flexibility index (Phi) is 4.54. The lowest BCUT2D eigenvalue weighted by molar-refractivity contribution is -0.274. The molecule has 132 valence electrons. The zero-order valence-electron chi connectivity index (χ0n) is 13.1. The number of halogens is 3. The SMILES string of the molecule is N#CCOc1ccc2c(-c3ccccc3OC(F)(F)F)c[nH]c(=O)c2c1. The Morgan fingerprint density at radius 3 is 2.58 bits per heavy atom. The Hall–Kier alpha value is -3.47. The molecule has 0 spiro atoms. The smallest absolute Gasteiger partial charge is 0.479 e. The van der Waals surface area contributed by atoms with Gasteiger partial charge in [0.25, 0.3) is 5.56 Å². The van der Waals surface area contributed by atoms with Gasteiger partial charge < -0.3 is 14.5 Å². The second-order valence-corrected chi connectivity index (χ2v) is 5.23. The molecule has 2 aromatic carbocycles. The lowest BCUT2D eigenvalue weighted by atomic mass is 10.00.